The first-order chi connectivity index (χ1) is 13.9. The molecule has 150 valence electrons. The molecular formula is C21H21N3O5. The Hall–Kier alpha value is -3.68. The first-order valence-corrected chi connectivity index (χ1v) is 9.04. The fraction of sp³-hybridized carbons (Fsp3) is 0.238. The normalized spacial score (nSPS) is 15.7. The summed E-state index contributed by atoms with van der Waals surface area (Å²) in [7, 11) is 1.30. The number of rotatable bonds is 5. The summed E-state index contributed by atoms with van der Waals surface area (Å²) in [6.07, 6.45) is 0.0937. The quantitative estimate of drug-likeness (QED) is 0.757. The van der Waals surface area contributed by atoms with Crippen LogP contribution in [-0.4, -0.2) is 37.3 Å². The molecule has 29 heavy (non-hydrogen) atoms. The second kappa shape index (κ2) is 8.55. The van der Waals surface area contributed by atoms with Crippen LogP contribution in [0.25, 0.3) is 0 Å². The maximum Gasteiger partial charge on any atom is 0.337 e. The highest BCUT2D eigenvalue weighted by Gasteiger charge is 2.35. The lowest BCUT2D eigenvalue weighted by Gasteiger charge is -2.18. The number of ether oxygens (including phenoxy) is 1. The number of carbonyl (C=O) groups excluding carboxylic acids is 4. The third-order valence-corrected chi connectivity index (χ3v) is 4.55. The lowest BCUT2D eigenvalue weighted by Crippen LogP contribution is -2.28. The van der Waals surface area contributed by atoms with Gasteiger partial charge in [-0.25, -0.2) is 4.79 Å². The summed E-state index contributed by atoms with van der Waals surface area (Å²) < 4.78 is 4.64. The number of methoxy groups -OCH3 is 1. The van der Waals surface area contributed by atoms with Gasteiger partial charge in [0.05, 0.1) is 18.6 Å². The van der Waals surface area contributed by atoms with Gasteiger partial charge in [-0.2, -0.15) is 0 Å². The molecule has 1 fully saturated rings. The van der Waals surface area contributed by atoms with Crippen molar-refractivity contribution in [3.63, 3.8) is 0 Å². The zero-order valence-corrected chi connectivity index (χ0v) is 16.1. The topological polar surface area (TPSA) is 105 Å². The molecule has 3 rings (SSSR count). The summed E-state index contributed by atoms with van der Waals surface area (Å²) in [5.74, 6) is -1.60. The van der Waals surface area contributed by atoms with Gasteiger partial charge in [-0.15, -0.1) is 0 Å². The molecule has 0 radical (unpaired) electrons. The first-order valence-electron chi connectivity index (χ1n) is 9.04. The van der Waals surface area contributed by atoms with Crippen molar-refractivity contribution in [1.29, 1.82) is 0 Å². The van der Waals surface area contributed by atoms with Gasteiger partial charge >= 0.3 is 5.97 Å². The fourth-order valence-corrected chi connectivity index (χ4v) is 3.14. The highest BCUT2D eigenvalue weighted by Crippen LogP contribution is 2.28. The molecule has 0 spiro atoms. The average Bonchev–Trinajstić information content (AvgIpc) is 3.09. The molecule has 1 aliphatic heterocycles. The molecule has 2 N–H and O–H groups in total. The van der Waals surface area contributed by atoms with Crippen LogP contribution in [0.5, 0.6) is 0 Å². The minimum atomic E-state index is -0.507. The minimum absolute atomic E-state index is 0.0937. The van der Waals surface area contributed by atoms with Crippen LogP contribution in [0.4, 0.5) is 17.1 Å². The zero-order chi connectivity index (χ0) is 21.0. The molecule has 1 atom stereocenters. The Balaban J connectivity index is 1.66. The minimum Gasteiger partial charge on any atom is -0.465 e. The molecule has 0 bridgehead atoms. The lowest BCUT2D eigenvalue weighted by atomic mass is 10.1. The highest BCUT2D eigenvalue weighted by atomic mass is 16.5. The molecule has 1 aliphatic rings. The van der Waals surface area contributed by atoms with Gasteiger partial charge in [0.1, 0.15) is 0 Å². The number of nitrogens with one attached hydrogen (secondary N) is 2. The second-order valence-corrected chi connectivity index (χ2v) is 6.70. The Labute approximate surface area is 167 Å². The molecule has 8 nitrogen and oxygen atoms in total. The van der Waals surface area contributed by atoms with Gasteiger partial charge in [0, 0.05) is 37.0 Å². The van der Waals surface area contributed by atoms with Crippen LogP contribution in [0, 0.1) is 5.92 Å². The van der Waals surface area contributed by atoms with E-state index in [1.54, 1.807) is 48.5 Å². The van der Waals surface area contributed by atoms with Crippen LogP contribution in [0.2, 0.25) is 0 Å². The molecule has 1 heterocycles. The summed E-state index contributed by atoms with van der Waals surface area (Å²) >= 11 is 0. The van der Waals surface area contributed by atoms with E-state index in [0.717, 1.165) is 0 Å². The number of amides is 3. The van der Waals surface area contributed by atoms with Gasteiger partial charge in [-0.1, -0.05) is 6.07 Å². The van der Waals surface area contributed by atoms with Crippen LogP contribution in [0.3, 0.4) is 0 Å². The van der Waals surface area contributed by atoms with Crippen molar-refractivity contribution in [2.75, 3.05) is 29.2 Å². The van der Waals surface area contributed by atoms with Gasteiger partial charge in [0.25, 0.3) is 0 Å². The van der Waals surface area contributed by atoms with Crippen LogP contribution in [-0.2, 0) is 19.1 Å². The van der Waals surface area contributed by atoms with E-state index in [1.165, 1.54) is 18.9 Å². The molecule has 2 aromatic carbocycles. The summed E-state index contributed by atoms with van der Waals surface area (Å²) in [5, 5.41) is 5.45. The van der Waals surface area contributed by atoms with Crippen LogP contribution >= 0.6 is 0 Å². The van der Waals surface area contributed by atoms with Crippen molar-refractivity contribution in [2.45, 2.75) is 13.3 Å². The largest absolute Gasteiger partial charge is 0.465 e. The SMILES string of the molecule is COC(=O)c1ccc(NC(=O)[C@H]2CC(=O)N(c3cccc(NC(C)=O)c3)C2)cc1. The van der Waals surface area contributed by atoms with E-state index in [1.807, 2.05) is 0 Å². The van der Waals surface area contributed by atoms with Gasteiger partial charge in [-0.05, 0) is 42.5 Å². The van der Waals surface area contributed by atoms with Gasteiger partial charge in [-0.3, -0.25) is 14.4 Å². The summed E-state index contributed by atoms with van der Waals surface area (Å²) in [5.41, 5.74) is 2.12. The molecule has 0 unspecified atom stereocenters. The number of nitrogens with zero attached hydrogens (tertiary/aromatic N) is 1. The monoisotopic (exact) mass is 395 g/mol. The highest BCUT2D eigenvalue weighted by molar-refractivity contribution is 6.04. The van der Waals surface area contributed by atoms with E-state index in [0.29, 0.717) is 22.6 Å². The predicted molar refractivity (Wildman–Crippen MR) is 108 cm³/mol. The Kier molecular flexibility index (Phi) is 5.92. The van der Waals surface area contributed by atoms with Gasteiger partial charge in [0.15, 0.2) is 0 Å². The maximum absolute atomic E-state index is 12.6. The van der Waals surface area contributed by atoms with Crippen molar-refractivity contribution < 1.29 is 23.9 Å². The molecular weight excluding hydrogens is 374 g/mol. The zero-order valence-electron chi connectivity index (χ0n) is 16.1. The Bertz CT molecular complexity index is 955. The molecule has 2 aromatic rings. The summed E-state index contributed by atoms with van der Waals surface area (Å²) in [6.45, 7) is 1.65. The molecule has 0 aromatic heterocycles. The van der Waals surface area contributed by atoms with Crippen molar-refractivity contribution in [3.8, 4) is 0 Å². The van der Waals surface area contributed by atoms with Crippen LogP contribution < -0.4 is 15.5 Å². The number of carbonyl (C=O) groups is 4. The van der Waals surface area contributed by atoms with Crippen molar-refractivity contribution in [2.24, 2.45) is 5.92 Å². The number of hydrogen-bond acceptors (Lipinski definition) is 5. The lowest BCUT2D eigenvalue weighted by molar-refractivity contribution is -0.122. The van der Waals surface area contributed by atoms with Crippen LogP contribution in [0.15, 0.2) is 48.5 Å². The van der Waals surface area contributed by atoms with Gasteiger partial charge < -0.3 is 20.3 Å². The maximum atomic E-state index is 12.6. The second-order valence-electron chi connectivity index (χ2n) is 6.70. The van der Waals surface area contributed by atoms with Crippen LogP contribution in [0.1, 0.15) is 23.7 Å². The van der Waals surface area contributed by atoms with E-state index < -0.39 is 11.9 Å². The first kappa shape index (κ1) is 20.1. The van der Waals surface area contributed by atoms with E-state index in [2.05, 4.69) is 15.4 Å². The molecule has 0 saturated carbocycles. The number of benzene rings is 2. The summed E-state index contributed by atoms with van der Waals surface area (Å²) in [6, 6.07) is 13.3. The molecule has 0 aliphatic carbocycles. The molecule has 1 saturated heterocycles. The van der Waals surface area contributed by atoms with Gasteiger partial charge in [0.2, 0.25) is 17.7 Å². The molecule has 8 heteroatoms. The van der Waals surface area contributed by atoms with E-state index >= 15 is 0 Å². The third kappa shape index (κ3) is 4.78. The van der Waals surface area contributed by atoms with E-state index in [9.17, 15) is 19.2 Å². The predicted octanol–water partition coefficient (Wildman–Crippen LogP) is 2.42. The standard InChI is InChI=1S/C21H21N3O5/c1-13(25)22-17-4-3-5-18(11-17)24-12-15(10-19(24)26)20(27)23-16-8-6-14(7-9-16)21(28)29-2/h3-9,11,15H,10,12H2,1-2H3,(H,22,25)(H,23,27)/t15-/m0/s1. The number of esters is 1. The van der Waals surface area contributed by atoms with Crippen molar-refractivity contribution >= 4 is 40.8 Å². The van der Waals surface area contributed by atoms with E-state index in [-0.39, 0.29) is 30.7 Å². The van der Waals surface area contributed by atoms with Crippen molar-refractivity contribution in [3.05, 3.63) is 54.1 Å². The Morgan fingerprint density at radius 1 is 1.03 bits per heavy atom. The third-order valence-electron chi connectivity index (χ3n) is 4.55. The Morgan fingerprint density at radius 2 is 1.76 bits per heavy atom. The summed E-state index contributed by atoms with van der Waals surface area (Å²) in [4.78, 5) is 49.3. The van der Waals surface area contributed by atoms with Crippen molar-refractivity contribution in [1.82, 2.24) is 0 Å². The van der Waals surface area contributed by atoms with E-state index in [4.69, 9.17) is 0 Å². The number of anilines is 3. The molecule has 3 amide bonds. The number of hydrogen-bond donors (Lipinski definition) is 2. The average molecular weight is 395 g/mol. The Morgan fingerprint density at radius 3 is 2.41 bits per heavy atom. The smallest absolute Gasteiger partial charge is 0.337 e. The fourth-order valence-electron chi connectivity index (χ4n) is 3.14.